The molecule has 0 aliphatic heterocycles. The first-order valence-corrected chi connectivity index (χ1v) is 5.95. The quantitative estimate of drug-likeness (QED) is 0.429. The van der Waals surface area contributed by atoms with Gasteiger partial charge in [-0.3, -0.25) is 0 Å². The summed E-state index contributed by atoms with van der Waals surface area (Å²) in [7, 11) is 0. The molecule has 0 aromatic rings. The summed E-state index contributed by atoms with van der Waals surface area (Å²) in [5, 5.41) is 12.6. The third kappa shape index (κ3) is 11.9. The molecular formula is C11H26N2O3. The van der Waals surface area contributed by atoms with E-state index >= 15 is 0 Å². The molecule has 4 N–H and O–H groups in total. The lowest BCUT2D eigenvalue weighted by molar-refractivity contribution is -0.00991. The summed E-state index contributed by atoms with van der Waals surface area (Å²) in [6, 6.07) is 0. The minimum atomic E-state index is -0.461. The fourth-order valence-corrected chi connectivity index (χ4v) is 1.12. The zero-order valence-corrected chi connectivity index (χ0v) is 10.4. The van der Waals surface area contributed by atoms with Crippen LogP contribution >= 0.6 is 0 Å². The van der Waals surface area contributed by atoms with Crippen molar-refractivity contribution >= 4 is 0 Å². The summed E-state index contributed by atoms with van der Waals surface area (Å²) >= 11 is 0. The highest BCUT2D eigenvalue weighted by Crippen LogP contribution is 1.89. The van der Waals surface area contributed by atoms with Crippen LogP contribution in [-0.4, -0.2) is 56.8 Å². The Kier molecular flexibility index (Phi) is 11.1. The Hall–Kier alpha value is -0.200. The Labute approximate surface area is 98.3 Å². The molecule has 16 heavy (non-hydrogen) atoms. The molecule has 0 radical (unpaired) electrons. The fourth-order valence-electron chi connectivity index (χ4n) is 1.12. The van der Waals surface area contributed by atoms with Crippen LogP contribution in [0.15, 0.2) is 0 Å². The van der Waals surface area contributed by atoms with Gasteiger partial charge in [0.15, 0.2) is 0 Å². The van der Waals surface area contributed by atoms with Crippen molar-refractivity contribution in [2.24, 2.45) is 5.73 Å². The van der Waals surface area contributed by atoms with E-state index in [9.17, 15) is 5.11 Å². The Morgan fingerprint density at radius 3 is 2.69 bits per heavy atom. The molecular weight excluding hydrogens is 208 g/mol. The maximum Gasteiger partial charge on any atom is 0.0897 e. The Morgan fingerprint density at radius 1 is 1.31 bits per heavy atom. The number of nitrogens with one attached hydrogen (secondary N) is 1. The first-order chi connectivity index (χ1) is 7.66. The number of aliphatic hydroxyl groups is 1. The number of aliphatic hydroxyl groups excluding tert-OH is 1. The van der Waals surface area contributed by atoms with Crippen molar-refractivity contribution < 1.29 is 14.6 Å². The van der Waals surface area contributed by atoms with Gasteiger partial charge in [0.1, 0.15) is 0 Å². The van der Waals surface area contributed by atoms with E-state index in [1.165, 1.54) is 0 Å². The number of hydrogen-bond acceptors (Lipinski definition) is 5. The lowest BCUT2D eigenvalue weighted by Crippen LogP contribution is -2.32. The largest absolute Gasteiger partial charge is 0.389 e. The summed E-state index contributed by atoms with van der Waals surface area (Å²) < 4.78 is 10.6. The molecule has 0 rings (SSSR count). The van der Waals surface area contributed by atoms with Gasteiger partial charge in [-0.05, 0) is 33.4 Å². The van der Waals surface area contributed by atoms with E-state index in [1.54, 1.807) is 0 Å². The van der Waals surface area contributed by atoms with Crippen molar-refractivity contribution in [3.05, 3.63) is 0 Å². The van der Waals surface area contributed by atoms with Crippen LogP contribution in [0.1, 0.15) is 20.3 Å². The standard InChI is InChI=1S/C11H26N2O3/c1-10(2)16-7-6-15-9-11(14)8-13-5-3-4-12/h10-11,13-14H,3-9,12H2,1-2H3. The average molecular weight is 234 g/mol. The molecule has 0 bridgehead atoms. The normalized spacial score (nSPS) is 13.3. The summed E-state index contributed by atoms with van der Waals surface area (Å²) in [4.78, 5) is 0. The maximum atomic E-state index is 9.50. The number of rotatable bonds is 11. The molecule has 0 aromatic heterocycles. The highest BCUT2D eigenvalue weighted by Gasteiger charge is 2.03. The molecule has 98 valence electrons. The smallest absolute Gasteiger partial charge is 0.0897 e. The van der Waals surface area contributed by atoms with E-state index in [0.29, 0.717) is 32.9 Å². The highest BCUT2D eigenvalue weighted by molar-refractivity contribution is 4.58. The van der Waals surface area contributed by atoms with Crippen LogP contribution in [0, 0.1) is 0 Å². The van der Waals surface area contributed by atoms with E-state index in [2.05, 4.69) is 5.32 Å². The molecule has 0 saturated heterocycles. The molecule has 1 unspecified atom stereocenters. The fraction of sp³-hybridized carbons (Fsp3) is 1.00. The second-order valence-electron chi connectivity index (χ2n) is 3.99. The number of nitrogens with two attached hydrogens (primary N) is 1. The Bertz CT molecular complexity index is 145. The molecule has 0 spiro atoms. The van der Waals surface area contributed by atoms with Crippen molar-refractivity contribution in [2.45, 2.75) is 32.5 Å². The van der Waals surface area contributed by atoms with Gasteiger partial charge in [-0.2, -0.15) is 0 Å². The van der Waals surface area contributed by atoms with Gasteiger partial charge in [-0.1, -0.05) is 0 Å². The van der Waals surface area contributed by atoms with Gasteiger partial charge in [0, 0.05) is 6.54 Å². The third-order valence-corrected chi connectivity index (χ3v) is 1.93. The van der Waals surface area contributed by atoms with E-state index < -0.39 is 6.10 Å². The van der Waals surface area contributed by atoms with Gasteiger partial charge in [-0.15, -0.1) is 0 Å². The second-order valence-corrected chi connectivity index (χ2v) is 3.99. The number of ether oxygens (including phenoxy) is 2. The molecule has 0 aliphatic rings. The zero-order valence-electron chi connectivity index (χ0n) is 10.4. The van der Waals surface area contributed by atoms with Crippen LogP contribution in [0.2, 0.25) is 0 Å². The summed E-state index contributed by atoms with van der Waals surface area (Å²) in [6.45, 7) is 7.47. The van der Waals surface area contributed by atoms with E-state index in [0.717, 1.165) is 13.0 Å². The van der Waals surface area contributed by atoms with Gasteiger partial charge in [-0.25, -0.2) is 0 Å². The minimum Gasteiger partial charge on any atom is -0.389 e. The van der Waals surface area contributed by atoms with Crippen LogP contribution in [0.4, 0.5) is 0 Å². The second kappa shape index (κ2) is 11.3. The van der Waals surface area contributed by atoms with Crippen LogP contribution in [0.3, 0.4) is 0 Å². The molecule has 1 atom stereocenters. The number of hydrogen-bond donors (Lipinski definition) is 3. The lowest BCUT2D eigenvalue weighted by Gasteiger charge is -2.13. The molecule has 0 amide bonds. The molecule has 5 nitrogen and oxygen atoms in total. The van der Waals surface area contributed by atoms with Crippen LogP contribution in [0.25, 0.3) is 0 Å². The predicted molar refractivity (Wildman–Crippen MR) is 64.5 cm³/mol. The summed E-state index contributed by atoms with van der Waals surface area (Å²) in [5.74, 6) is 0. The van der Waals surface area contributed by atoms with Crippen molar-refractivity contribution in [1.82, 2.24) is 5.32 Å². The van der Waals surface area contributed by atoms with Crippen molar-refractivity contribution in [1.29, 1.82) is 0 Å². The third-order valence-electron chi connectivity index (χ3n) is 1.93. The van der Waals surface area contributed by atoms with E-state index in [1.807, 2.05) is 13.8 Å². The van der Waals surface area contributed by atoms with Gasteiger partial charge in [0.05, 0.1) is 32.0 Å². The molecule has 0 fully saturated rings. The summed E-state index contributed by atoms with van der Waals surface area (Å²) in [5.41, 5.74) is 5.34. The average Bonchev–Trinajstić information content (AvgIpc) is 2.23. The maximum absolute atomic E-state index is 9.50. The topological polar surface area (TPSA) is 76.7 Å². The van der Waals surface area contributed by atoms with Crippen molar-refractivity contribution in [3.8, 4) is 0 Å². The minimum absolute atomic E-state index is 0.228. The van der Waals surface area contributed by atoms with Crippen molar-refractivity contribution in [2.75, 3.05) is 39.5 Å². The van der Waals surface area contributed by atoms with E-state index in [-0.39, 0.29) is 6.10 Å². The Morgan fingerprint density at radius 2 is 2.06 bits per heavy atom. The SMILES string of the molecule is CC(C)OCCOCC(O)CNCCCN. The lowest BCUT2D eigenvalue weighted by atomic mass is 10.3. The van der Waals surface area contributed by atoms with Gasteiger partial charge in [0.25, 0.3) is 0 Å². The summed E-state index contributed by atoms with van der Waals surface area (Å²) in [6.07, 6.45) is 0.693. The van der Waals surface area contributed by atoms with E-state index in [4.69, 9.17) is 15.2 Å². The molecule has 5 heteroatoms. The zero-order chi connectivity index (χ0) is 12.2. The molecule has 0 saturated carbocycles. The first-order valence-electron chi connectivity index (χ1n) is 5.95. The predicted octanol–water partition coefficient (Wildman–Crippen LogP) is -0.273. The Balaban J connectivity index is 3.14. The molecule has 0 aromatic carbocycles. The van der Waals surface area contributed by atoms with Crippen LogP contribution < -0.4 is 11.1 Å². The van der Waals surface area contributed by atoms with Crippen molar-refractivity contribution in [3.63, 3.8) is 0 Å². The van der Waals surface area contributed by atoms with Gasteiger partial charge < -0.3 is 25.6 Å². The van der Waals surface area contributed by atoms with Crippen LogP contribution in [0.5, 0.6) is 0 Å². The van der Waals surface area contributed by atoms with Gasteiger partial charge >= 0.3 is 0 Å². The molecule has 0 aliphatic carbocycles. The highest BCUT2D eigenvalue weighted by atomic mass is 16.5. The van der Waals surface area contributed by atoms with Gasteiger partial charge in [0.2, 0.25) is 0 Å². The van der Waals surface area contributed by atoms with Crippen LogP contribution in [-0.2, 0) is 9.47 Å². The first kappa shape index (κ1) is 15.8. The monoisotopic (exact) mass is 234 g/mol. The molecule has 0 heterocycles.